The normalized spacial score (nSPS) is 25.0. The number of aryl methyl sites for hydroxylation is 1. The molecule has 1 aromatic rings. The lowest BCUT2D eigenvalue weighted by atomic mass is 10.0. The summed E-state index contributed by atoms with van der Waals surface area (Å²) >= 11 is 0. The van der Waals surface area contributed by atoms with E-state index in [0.717, 1.165) is 6.42 Å². The van der Waals surface area contributed by atoms with Crippen molar-refractivity contribution in [3.05, 3.63) is 35.9 Å². The number of carbonyl (C=O) groups excluding carboxylic acids is 1. The summed E-state index contributed by atoms with van der Waals surface area (Å²) in [6, 6.07) is 9.08. The van der Waals surface area contributed by atoms with Crippen LogP contribution in [0.5, 0.6) is 0 Å². The lowest BCUT2D eigenvalue weighted by Crippen LogP contribution is -2.61. The number of rotatable bonds is 6. The summed E-state index contributed by atoms with van der Waals surface area (Å²) in [7, 11) is -3.26. The van der Waals surface area contributed by atoms with E-state index in [0.29, 0.717) is 25.9 Å². The summed E-state index contributed by atoms with van der Waals surface area (Å²) in [6.45, 7) is 0.592. The summed E-state index contributed by atoms with van der Waals surface area (Å²) in [6.07, 6.45) is 1.89. The average Bonchev–Trinajstić information content (AvgIpc) is 2.91. The molecule has 1 aromatic carbocycles. The van der Waals surface area contributed by atoms with Crippen molar-refractivity contribution in [3.63, 3.8) is 0 Å². The lowest BCUT2D eigenvalue weighted by molar-refractivity contribution is -0.142. The second-order valence-electron chi connectivity index (χ2n) is 7.00. The van der Waals surface area contributed by atoms with Gasteiger partial charge in [0, 0.05) is 25.6 Å². The summed E-state index contributed by atoms with van der Waals surface area (Å²) in [5, 5.41) is 9.04. The van der Waals surface area contributed by atoms with Crippen LogP contribution in [0.25, 0.3) is 0 Å². The third-order valence-corrected chi connectivity index (χ3v) is 6.85. The molecule has 0 bridgehead atoms. The van der Waals surface area contributed by atoms with E-state index >= 15 is 0 Å². The molecule has 0 unspecified atom stereocenters. The van der Waals surface area contributed by atoms with Gasteiger partial charge in [-0.05, 0) is 18.4 Å². The first-order valence-electron chi connectivity index (χ1n) is 8.85. The minimum absolute atomic E-state index is 0.0389. The quantitative estimate of drug-likeness (QED) is 0.768. The Labute approximate surface area is 153 Å². The van der Waals surface area contributed by atoms with Crippen molar-refractivity contribution in [3.8, 4) is 0 Å². The van der Waals surface area contributed by atoms with Gasteiger partial charge in [-0.25, -0.2) is 8.42 Å². The monoisotopic (exact) mass is 380 g/mol. The minimum atomic E-state index is -3.26. The highest BCUT2D eigenvalue weighted by molar-refractivity contribution is 7.91. The number of sulfone groups is 1. The van der Waals surface area contributed by atoms with Gasteiger partial charge in [0.25, 0.3) is 0 Å². The van der Waals surface area contributed by atoms with Crippen LogP contribution in [0, 0.1) is 0 Å². The average molecular weight is 380 g/mol. The molecule has 3 rings (SSSR count). The molecule has 7 nitrogen and oxygen atoms in total. The number of piperazine rings is 1. The molecule has 2 aliphatic rings. The van der Waals surface area contributed by atoms with Crippen LogP contribution in [0.2, 0.25) is 0 Å². The van der Waals surface area contributed by atoms with Crippen molar-refractivity contribution < 1.29 is 23.1 Å². The van der Waals surface area contributed by atoms with E-state index in [9.17, 15) is 18.0 Å². The number of hydrogen-bond acceptors (Lipinski definition) is 5. The molecule has 0 aromatic heterocycles. The Morgan fingerprint density at radius 3 is 2.46 bits per heavy atom. The molecule has 0 aliphatic carbocycles. The van der Waals surface area contributed by atoms with Crippen molar-refractivity contribution in [2.24, 2.45) is 0 Å². The Kier molecular flexibility index (Phi) is 5.62. The van der Waals surface area contributed by atoms with Crippen molar-refractivity contribution in [2.75, 3.05) is 31.1 Å². The van der Waals surface area contributed by atoms with Gasteiger partial charge in [0.2, 0.25) is 5.91 Å². The minimum Gasteiger partial charge on any atom is -0.480 e. The number of nitrogens with zero attached hydrogens (tertiary/aromatic N) is 2. The van der Waals surface area contributed by atoms with E-state index in [4.69, 9.17) is 5.11 Å². The predicted molar refractivity (Wildman–Crippen MR) is 96.5 cm³/mol. The van der Waals surface area contributed by atoms with Crippen molar-refractivity contribution in [2.45, 2.75) is 31.3 Å². The van der Waals surface area contributed by atoms with Crippen LogP contribution >= 0.6 is 0 Å². The maximum Gasteiger partial charge on any atom is 0.317 e. The standard InChI is InChI=1S/C18H24N2O5S/c21-17(8-4-7-14-5-2-1-3-6-14)20-10-9-19(11-18(22)23)15-12-26(24,25)13-16(15)20/h1-3,5-6,15-16H,4,7-13H2,(H,22,23)/t15-,16+/m0/s1. The summed E-state index contributed by atoms with van der Waals surface area (Å²) < 4.78 is 24.2. The number of benzene rings is 1. The van der Waals surface area contributed by atoms with Gasteiger partial charge in [-0.3, -0.25) is 14.5 Å². The molecule has 2 heterocycles. The van der Waals surface area contributed by atoms with Crippen LogP contribution in [-0.2, 0) is 25.8 Å². The highest BCUT2D eigenvalue weighted by Crippen LogP contribution is 2.27. The molecule has 8 heteroatoms. The smallest absolute Gasteiger partial charge is 0.317 e. The number of aliphatic carboxylic acids is 1. The number of fused-ring (bicyclic) bond motifs is 1. The molecule has 142 valence electrons. The van der Waals surface area contributed by atoms with Crippen molar-refractivity contribution in [1.82, 2.24) is 9.80 Å². The highest BCUT2D eigenvalue weighted by Gasteiger charge is 2.48. The largest absolute Gasteiger partial charge is 0.480 e. The molecule has 2 saturated heterocycles. The van der Waals surface area contributed by atoms with Crippen LogP contribution in [0.3, 0.4) is 0 Å². The van der Waals surface area contributed by atoms with Crippen molar-refractivity contribution >= 4 is 21.7 Å². The van der Waals surface area contributed by atoms with Crippen LogP contribution in [0.4, 0.5) is 0 Å². The molecule has 1 N–H and O–H groups in total. The molecular formula is C18H24N2O5S. The lowest BCUT2D eigenvalue weighted by Gasteiger charge is -2.43. The van der Waals surface area contributed by atoms with E-state index in [-0.39, 0.29) is 24.0 Å². The first-order valence-corrected chi connectivity index (χ1v) is 10.7. The SMILES string of the molecule is O=C(O)CN1CCN(C(=O)CCCc2ccccc2)[C@@H]2CS(=O)(=O)C[C@@H]21. The van der Waals surface area contributed by atoms with Gasteiger partial charge >= 0.3 is 5.97 Å². The number of carbonyl (C=O) groups is 2. The third kappa shape index (κ3) is 4.42. The second kappa shape index (κ2) is 7.75. The molecule has 2 fully saturated rings. The maximum absolute atomic E-state index is 12.7. The van der Waals surface area contributed by atoms with E-state index in [1.54, 1.807) is 9.80 Å². The summed E-state index contributed by atoms with van der Waals surface area (Å²) in [5.41, 5.74) is 1.17. The van der Waals surface area contributed by atoms with Crippen LogP contribution in [-0.4, -0.2) is 78.4 Å². The molecule has 0 saturated carbocycles. The molecule has 2 aliphatic heterocycles. The summed E-state index contributed by atoms with van der Waals surface area (Å²) in [4.78, 5) is 27.1. The second-order valence-corrected chi connectivity index (χ2v) is 9.16. The Balaban J connectivity index is 1.62. The van der Waals surface area contributed by atoms with E-state index < -0.39 is 27.9 Å². The molecule has 1 amide bonds. The van der Waals surface area contributed by atoms with Crippen LogP contribution in [0.1, 0.15) is 18.4 Å². The molecular weight excluding hydrogens is 356 g/mol. The molecule has 26 heavy (non-hydrogen) atoms. The van der Waals surface area contributed by atoms with Crippen molar-refractivity contribution in [1.29, 1.82) is 0 Å². The van der Waals surface area contributed by atoms with Gasteiger partial charge in [-0.15, -0.1) is 0 Å². The zero-order chi connectivity index (χ0) is 18.7. The fraction of sp³-hybridized carbons (Fsp3) is 0.556. The number of carboxylic acid groups (broad SMARTS) is 1. The first kappa shape index (κ1) is 18.8. The van der Waals surface area contributed by atoms with E-state index in [1.807, 2.05) is 30.3 Å². The third-order valence-electron chi connectivity index (χ3n) is 5.15. The van der Waals surface area contributed by atoms with Gasteiger partial charge in [-0.1, -0.05) is 30.3 Å². The number of carboxylic acids is 1. The Morgan fingerprint density at radius 2 is 1.77 bits per heavy atom. The van der Waals surface area contributed by atoms with E-state index in [2.05, 4.69) is 0 Å². The Morgan fingerprint density at radius 1 is 1.08 bits per heavy atom. The van der Waals surface area contributed by atoms with E-state index in [1.165, 1.54) is 5.56 Å². The fourth-order valence-electron chi connectivity index (χ4n) is 3.94. The van der Waals surface area contributed by atoms with Gasteiger partial charge in [0.05, 0.1) is 24.1 Å². The van der Waals surface area contributed by atoms with Gasteiger partial charge in [0.15, 0.2) is 9.84 Å². The topological polar surface area (TPSA) is 95.0 Å². The van der Waals surface area contributed by atoms with Gasteiger partial charge in [0.1, 0.15) is 0 Å². The predicted octanol–water partition coefficient (Wildman–Crippen LogP) is 0.404. The zero-order valence-electron chi connectivity index (χ0n) is 14.6. The molecule has 0 spiro atoms. The van der Waals surface area contributed by atoms with Gasteiger partial charge < -0.3 is 10.0 Å². The zero-order valence-corrected chi connectivity index (χ0v) is 15.4. The van der Waals surface area contributed by atoms with Gasteiger partial charge in [-0.2, -0.15) is 0 Å². The fourth-order valence-corrected chi connectivity index (χ4v) is 5.95. The molecule has 0 radical (unpaired) electrons. The first-order chi connectivity index (χ1) is 12.4. The number of hydrogen-bond donors (Lipinski definition) is 1. The van der Waals surface area contributed by atoms with Crippen LogP contribution < -0.4 is 0 Å². The Hall–Kier alpha value is -1.93. The molecule has 2 atom stereocenters. The van der Waals surface area contributed by atoms with Crippen LogP contribution in [0.15, 0.2) is 30.3 Å². The Bertz CT molecular complexity index is 765. The number of amides is 1. The summed E-state index contributed by atoms with van der Waals surface area (Å²) in [5.74, 6) is -1.16. The maximum atomic E-state index is 12.7. The highest BCUT2D eigenvalue weighted by atomic mass is 32.2.